The minimum atomic E-state index is -0.521. The predicted octanol–water partition coefficient (Wildman–Crippen LogP) is 3.54. The fourth-order valence-corrected chi connectivity index (χ4v) is 3.47. The van der Waals surface area contributed by atoms with E-state index in [0.717, 1.165) is 19.4 Å². The lowest BCUT2D eigenvalue weighted by molar-refractivity contribution is 0.0930. The second-order valence-electron chi connectivity index (χ2n) is 5.69. The Balaban J connectivity index is 1.75. The fourth-order valence-electron chi connectivity index (χ4n) is 2.78. The first-order valence-electron chi connectivity index (χ1n) is 7.66. The third kappa shape index (κ3) is 3.92. The van der Waals surface area contributed by atoms with Crippen LogP contribution in [0, 0.1) is 0 Å². The molecule has 1 unspecified atom stereocenters. The number of amides is 1. The molecular formula is C16H15Cl3N4O2. The van der Waals surface area contributed by atoms with Crippen molar-refractivity contribution in [3.63, 3.8) is 0 Å². The van der Waals surface area contributed by atoms with Crippen LogP contribution in [0.2, 0.25) is 15.1 Å². The number of piperidine rings is 1. The van der Waals surface area contributed by atoms with Crippen molar-refractivity contribution in [3.05, 3.63) is 45.2 Å². The zero-order chi connectivity index (χ0) is 18.0. The molecule has 3 rings (SSSR count). The van der Waals surface area contributed by atoms with E-state index in [0.29, 0.717) is 12.5 Å². The van der Waals surface area contributed by atoms with Crippen LogP contribution in [0.3, 0.4) is 0 Å². The summed E-state index contributed by atoms with van der Waals surface area (Å²) in [5, 5.41) is 13.0. The summed E-state index contributed by atoms with van der Waals surface area (Å²) in [6.07, 6.45) is 5.02. The van der Waals surface area contributed by atoms with Gasteiger partial charge in [-0.1, -0.05) is 34.8 Å². The highest BCUT2D eigenvalue weighted by molar-refractivity contribution is 6.45. The molecule has 2 heterocycles. The average Bonchev–Trinajstić information content (AvgIpc) is 2.61. The van der Waals surface area contributed by atoms with Gasteiger partial charge in [-0.3, -0.25) is 4.79 Å². The van der Waals surface area contributed by atoms with Crippen LogP contribution in [0.1, 0.15) is 23.2 Å². The number of nitrogens with one attached hydrogen (secondary N) is 1. The maximum Gasteiger partial charge on any atom is 0.256 e. The molecule has 1 aromatic heterocycles. The Labute approximate surface area is 159 Å². The van der Waals surface area contributed by atoms with E-state index in [1.54, 1.807) is 18.5 Å². The van der Waals surface area contributed by atoms with Gasteiger partial charge < -0.3 is 15.3 Å². The van der Waals surface area contributed by atoms with Crippen molar-refractivity contribution in [1.29, 1.82) is 0 Å². The van der Waals surface area contributed by atoms with E-state index in [1.807, 2.05) is 4.90 Å². The lowest BCUT2D eigenvalue weighted by Gasteiger charge is -2.33. The minimum Gasteiger partial charge on any atom is -0.505 e. The van der Waals surface area contributed by atoms with E-state index < -0.39 is 5.91 Å². The first-order valence-corrected chi connectivity index (χ1v) is 8.80. The van der Waals surface area contributed by atoms with E-state index in [-0.39, 0.29) is 32.4 Å². The highest BCUT2D eigenvalue weighted by Gasteiger charge is 2.27. The van der Waals surface area contributed by atoms with Crippen LogP contribution in [0.15, 0.2) is 24.5 Å². The monoisotopic (exact) mass is 400 g/mol. The second-order valence-corrected chi connectivity index (χ2v) is 6.88. The molecule has 1 saturated heterocycles. The zero-order valence-corrected chi connectivity index (χ0v) is 15.3. The number of nitrogens with zero attached hydrogens (tertiary/aromatic N) is 3. The fraction of sp³-hybridized carbons (Fsp3) is 0.312. The number of phenols is 1. The van der Waals surface area contributed by atoms with Gasteiger partial charge in [0.1, 0.15) is 11.3 Å². The largest absolute Gasteiger partial charge is 0.505 e. The summed E-state index contributed by atoms with van der Waals surface area (Å²) in [7, 11) is 0. The van der Waals surface area contributed by atoms with Crippen LogP contribution in [0.5, 0.6) is 5.75 Å². The van der Waals surface area contributed by atoms with Crippen molar-refractivity contribution in [1.82, 2.24) is 15.3 Å². The van der Waals surface area contributed by atoms with Gasteiger partial charge in [0.25, 0.3) is 5.91 Å². The summed E-state index contributed by atoms with van der Waals surface area (Å²) in [6.45, 7) is 1.37. The lowest BCUT2D eigenvalue weighted by atomic mass is 10.0. The molecule has 1 atom stereocenters. The van der Waals surface area contributed by atoms with Gasteiger partial charge in [-0.05, 0) is 25.0 Å². The standard InChI is InChI=1S/C16H15Cl3N4O2/c17-10-7-11(18)14(24)12(13(10)19)15(25)22-9-3-1-6-23(8-9)16-20-4-2-5-21-16/h2,4-5,7,9,24H,1,3,6,8H2,(H,22,25). The highest BCUT2D eigenvalue weighted by atomic mass is 35.5. The van der Waals surface area contributed by atoms with E-state index in [9.17, 15) is 9.90 Å². The smallest absolute Gasteiger partial charge is 0.256 e. The molecule has 6 nitrogen and oxygen atoms in total. The number of benzene rings is 1. The molecular weight excluding hydrogens is 387 g/mol. The Bertz CT molecular complexity index is 762. The van der Waals surface area contributed by atoms with E-state index in [1.165, 1.54) is 6.07 Å². The van der Waals surface area contributed by atoms with Crippen molar-refractivity contribution in [2.75, 3.05) is 18.0 Å². The van der Waals surface area contributed by atoms with Gasteiger partial charge in [-0.25, -0.2) is 9.97 Å². The number of carbonyl (C=O) groups is 1. The molecule has 0 aliphatic carbocycles. The zero-order valence-electron chi connectivity index (χ0n) is 13.0. The quantitative estimate of drug-likeness (QED) is 0.769. The van der Waals surface area contributed by atoms with E-state index in [4.69, 9.17) is 34.8 Å². The molecule has 132 valence electrons. The SMILES string of the molecule is O=C(NC1CCCN(c2ncccn2)C1)c1c(O)c(Cl)cc(Cl)c1Cl. The molecule has 2 aromatic rings. The van der Waals surface area contributed by atoms with E-state index >= 15 is 0 Å². The van der Waals surface area contributed by atoms with Gasteiger partial charge in [0.2, 0.25) is 5.95 Å². The Morgan fingerprint density at radius 2 is 1.96 bits per heavy atom. The van der Waals surface area contributed by atoms with Crippen LogP contribution < -0.4 is 10.2 Å². The number of aromatic hydroxyl groups is 1. The van der Waals surface area contributed by atoms with Crippen molar-refractivity contribution in [2.45, 2.75) is 18.9 Å². The predicted molar refractivity (Wildman–Crippen MR) is 97.9 cm³/mol. The Morgan fingerprint density at radius 3 is 2.68 bits per heavy atom. The summed E-state index contributed by atoms with van der Waals surface area (Å²) in [5.41, 5.74) is -0.118. The maximum absolute atomic E-state index is 12.6. The molecule has 2 N–H and O–H groups in total. The normalized spacial score (nSPS) is 17.4. The third-order valence-corrected chi connectivity index (χ3v) is 5.04. The lowest BCUT2D eigenvalue weighted by Crippen LogP contribution is -2.48. The van der Waals surface area contributed by atoms with Gasteiger partial charge in [0, 0.05) is 31.5 Å². The van der Waals surface area contributed by atoms with E-state index in [2.05, 4.69) is 15.3 Å². The number of hydrogen-bond acceptors (Lipinski definition) is 5. The number of aromatic nitrogens is 2. The van der Waals surface area contributed by atoms with Crippen LogP contribution in [-0.4, -0.2) is 40.1 Å². The van der Waals surface area contributed by atoms with Gasteiger partial charge in [0.05, 0.1) is 15.1 Å². The third-order valence-electron chi connectivity index (χ3n) is 3.96. The summed E-state index contributed by atoms with van der Waals surface area (Å²) in [6, 6.07) is 2.91. The van der Waals surface area contributed by atoms with Gasteiger partial charge in [0.15, 0.2) is 0 Å². The number of rotatable bonds is 3. The first-order chi connectivity index (χ1) is 12.0. The minimum absolute atomic E-state index is 0.0255. The summed E-state index contributed by atoms with van der Waals surface area (Å²) in [4.78, 5) is 23.0. The molecule has 0 saturated carbocycles. The number of carbonyl (C=O) groups excluding carboxylic acids is 1. The summed E-state index contributed by atoms with van der Waals surface area (Å²) in [5.74, 6) is -0.284. The molecule has 0 bridgehead atoms. The Kier molecular flexibility index (Phi) is 5.51. The van der Waals surface area contributed by atoms with Crippen LogP contribution >= 0.6 is 34.8 Å². The highest BCUT2D eigenvalue weighted by Crippen LogP contribution is 2.38. The van der Waals surface area contributed by atoms with Crippen LogP contribution in [0.25, 0.3) is 0 Å². The summed E-state index contributed by atoms with van der Waals surface area (Å²) < 4.78 is 0. The molecule has 1 aromatic carbocycles. The second kappa shape index (κ2) is 7.64. The number of hydrogen-bond donors (Lipinski definition) is 2. The van der Waals surface area contributed by atoms with Crippen LogP contribution in [0.4, 0.5) is 5.95 Å². The molecule has 9 heteroatoms. The van der Waals surface area contributed by atoms with Gasteiger partial charge in [-0.2, -0.15) is 0 Å². The number of halogens is 3. The van der Waals surface area contributed by atoms with Crippen molar-refractivity contribution >= 4 is 46.7 Å². The Hall–Kier alpha value is -1.76. The maximum atomic E-state index is 12.6. The molecule has 1 amide bonds. The molecule has 0 spiro atoms. The molecule has 1 aliphatic rings. The van der Waals surface area contributed by atoms with Gasteiger partial charge in [-0.15, -0.1) is 0 Å². The first kappa shape index (κ1) is 18.0. The van der Waals surface area contributed by atoms with Crippen molar-refractivity contribution < 1.29 is 9.90 Å². The molecule has 0 radical (unpaired) electrons. The van der Waals surface area contributed by atoms with Gasteiger partial charge >= 0.3 is 0 Å². The Morgan fingerprint density at radius 1 is 1.24 bits per heavy atom. The number of anilines is 1. The molecule has 1 aliphatic heterocycles. The summed E-state index contributed by atoms with van der Waals surface area (Å²) >= 11 is 17.9. The molecule has 25 heavy (non-hydrogen) atoms. The molecule has 1 fully saturated rings. The van der Waals surface area contributed by atoms with Crippen molar-refractivity contribution in [3.8, 4) is 5.75 Å². The average molecular weight is 402 g/mol. The number of phenolic OH excluding ortho intramolecular Hbond substituents is 1. The van der Waals surface area contributed by atoms with Crippen LogP contribution in [-0.2, 0) is 0 Å². The topological polar surface area (TPSA) is 78.4 Å². The van der Waals surface area contributed by atoms with Crippen molar-refractivity contribution in [2.24, 2.45) is 0 Å².